The molecule has 0 unspecified atom stereocenters. The Kier molecular flexibility index (Phi) is 19.3. The molecule has 0 aromatic rings. The van der Waals surface area contributed by atoms with E-state index in [1.54, 1.807) is 0 Å². The van der Waals surface area contributed by atoms with E-state index in [9.17, 15) is 19.5 Å². The first kappa shape index (κ1) is 26.6. The van der Waals surface area contributed by atoms with Crippen molar-refractivity contribution in [2.45, 2.75) is 83.1 Å². The third-order valence-corrected chi connectivity index (χ3v) is 3.86. The number of nitrogens with two attached hydrogens (primary N) is 1. The molecule has 1 atom stereocenters. The molecule has 0 aromatic heterocycles. The zero-order valence-corrected chi connectivity index (χ0v) is 17.4. The Bertz CT molecular complexity index is 380. The summed E-state index contributed by atoms with van der Waals surface area (Å²) in [5, 5.41) is 22.0. The maximum Gasteiger partial charge on any atom is 1.00 e. The molecule has 0 bridgehead atoms. The van der Waals surface area contributed by atoms with E-state index in [4.69, 9.17) is 10.8 Å². The molecule has 0 fully saturated rings. The van der Waals surface area contributed by atoms with Gasteiger partial charge in [0, 0.05) is 12.8 Å². The van der Waals surface area contributed by atoms with Gasteiger partial charge < -0.3 is 26.1 Å². The number of aliphatic carboxylic acids is 2. The van der Waals surface area contributed by atoms with Gasteiger partial charge in [-0.1, -0.05) is 32.1 Å². The van der Waals surface area contributed by atoms with Gasteiger partial charge in [-0.2, -0.15) is 0 Å². The molecule has 0 saturated heterocycles. The van der Waals surface area contributed by atoms with Crippen LogP contribution < -0.4 is 45.7 Å². The van der Waals surface area contributed by atoms with Gasteiger partial charge in [0.2, 0.25) is 5.91 Å². The largest absolute Gasteiger partial charge is 1.00 e. The zero-order chi connectivity index (χ0) is 18.2. The monoisotopic (exact) mass is 366 g/mol. The molecule has 0 aliphatic rings. The van der Waals surface area contributed by atoms with Gasteiger partial charge in [0.25, 0.3) is 0 Å². The van der Waals surface area contributed by atoms with Crippen LogP contribution in [0.2, 0.25) is 0 Å². The maximum absolute atomic E-state index is 11.7. The van der Waals surface area contributed by atoms with E-state index in [2.05, 4.69) is 5.32 Å². The number of carbonyl (C=O) groups excluding carboxylic acids is 2. The van der Waals surface area contributed by atoms with E-state index in [0.717, 1.165) is 44.9 Å². The molecular formula is C17H31N2NaO5. The number of amides is 1. The molecule has 0 radical (unpaired) electrons. The molecule has 0 spiro atoms. The molecule has 4 N–H and O–H groups in total. The van der Waals surface area contributed by atoms with Crippen molar-refractivity contribution in [3.63, 3.8) is 0 Å². The molecule has 0 rings (SSSR count). The van der Waals surface area contributed by atoms with E-state index in [0.29, 0.717) is 32.2 Å². The van der Waals surface area contributed by atoms with Crippen LogP contribution in [0.4, 0.5) is 0 Å². The third-order valence-electron chi connectivity index (χ3n) is 3.86. The zero-order valence-electron chi connectivity index (χ0n) is 15.4. The van der Waals surface area contributed by atoms with Gasteiger partial charge in [0.1, 0.15) is 0 Å². The van der Waals surface area contributed by atoms with Gasteiger partial charge in [0.05, 0.1) is 12.0 Å². The quantitative estimate of drug-likeness (QED) is 0.213. The summed E-state index contributed by atoms with van der Waals surface area (Å²) in [4.78, 5) is 33.1. The van der Waals surface area contributed by atoms with Gasteiger partial charge in [-0.05, 0) is 38.6 Å². The summed E-state index contributed by atoms with van der Waals surface area (Å²) in [6.45, 7) is 0.504. The normalized spacial score (nSPS) is 11.4. The topological polar surface area (TPSA) is 133 Å². The van der Waals surface area contributed by atoms with Crippen LogP contribution in [-0.2, 0) is 14.4 Å². The number of carboxylic acid groups (broad SMARTS) is 2. The summed E-state index contributed by atoms with van der Waals surface area (Å²) in [5.74, 6) is -2.25. The minimum atomic E-state index is -1.25. The summed E-state index contributed by atoms with van der Waals surface area (Å²) < 4.78 is 0. The van der Waals surface area contributed by atoms with Crippen LogP contribution in [0, 0.1) is 0 Å². The van der Waals surface area contributed by atoms with Crippen molar-refractivity contribution in [3.8, 4) is 0 Å². The molecule has 0 heterocycles. The molecule has 0 aliphatic carbocycles. The molecule has 0 aliphatic heterocycles. The first-order chi connectivity index (χ1) is 11.5. The number of rotatable bonds is 16. The van der Waals surface area contributed by atoms with Crippen molar-refractivity contribution in [3.05, 3.63) is 0 Å². The molecule has 7 nitrogen and oxygen atoms in total. The fraction of sp³-hybridized carbons (Fsp3) is 0.824. The molecule has 0 saturated carbocycles. The van der Waals surface area contributed by atoms with Crippen molar-refractivity contribution in [2.24, 2.45) is 5.73 Å². The third kappa shape index (κ3) is 18.0. The van der Waals surface area contributed by atoms with Gasteiger partial charge in [-0.15, -0.1) is 0 Å². The number of nitrogens with one attached hydrogen (secondary N) is 1. The van der Waals surface area contributed by atoms with Crippen molar-refractivity contribution in [1.82, 2.24) is 5.32 Å². The fourth-order valence-corrected chi connectivity index (χ4v) is 2.45. The molecule has 25 heavy (non-hydrogen) atoms. The van der Waals surface area contributed by atoms with Crippen LogP contribution in [0.5, 0.6) is 0 Å². The van der Waals surface area contributed by atoms with E-state index in [1.807, 2.05) is 0 Å². The second-order valence-corrected chi connectivity index (χ2v) is 6.09. The van der Waals surface area contributed by atoms with Gasteiger partial charge in [-0.25, -0.2) is 0 Å². The SMILES string of the molecule is NCCCC[C@H](NC(=O)CCCCCCCCCC(=O)O)C(=O)[O-].[Na+]. The predicted molar refractivity (Wildman–Crippen MR) is 89.0 cm³/mol. The van der Waals surface area contributed by atoms with Crippen LogP contribution in [0.3, 0.4) is 0 Å². The first-order valence-corrected chi connectivity index (χ1v) is 8.89. The van der Waals surface area contributed by atoms with Gasteiger partial charge >= 0.3 is 35.5 Å². The summed E-state index contributed by atoms with van der Waals surface area (Å²) in [7, 11) is 0. The van der Waals surface area contributed by atoms with E-state index in [1.165, 1.54) is 0 Å². The summed E-state index contributed by atoms with van der Waals surface area (Å²) in [6.07, 6.45) is 8.58. The average molecular weight is 366 g/mol. The van der Waals surface area contributed by atoms with Crippen molar-refractivity contribution < 1.29 is 54.2 Å². The van der Waals surface area contributed by atoms with E-state index < -0.39 is 18.0 Å². The standard InChI is InChI=1S/C17H32N2O5.Na/c18-13-9-8-10-14(17(23)24)19-15(20)11-6-4-2-1-3-5-7-12-16(21)22;/h14H,1-13,18H2,(H,19,20)(H,21,22)(H,23,24);/q;+1/p-1/t14-;/m0./s1. The van der Waals surface area contributed by atoms with Crippen LogP contribution >= 0.6 is 0 Å². The van der Waals surface area contributed by atoms with Gasteiger partial charge in [-0.3, -0.25) is 9.59 Å². The van der Waals surface area contributed by atoms with Crippen molar-refractivity contribution >= 4 is 17.8 Å². The van der Waals surface area contributed by atoms with Gasteiger partial charge in [0.15, 0.2) is 0 Å². The molecule has 1 amide bonds. The van der Waals surface area contributed by atoms with E-state index in [-0.39, 0.29) is 41.9 Å². The Morgan fingerprint density at radius 2 is 1.40 bits per heavy atom. The maximum atomic E-state index is 11.7. The Balaban J connectivity index is 0. The van der Waals surface area contributed by atoms with Crippen molar-refractivity contribution in [1.29, 1.82) is 0 Å². The predicted octanol–water partition coefficient (Wildman–Crippen LogP) is -2.05. The Hall–Kier alpha value is -0.630. The van der Waals surface area contributed by atoms with Crippen LogP contribution in [0.15, 0.2) is 0 Å². The first-order valence-electron chi connectivity index (χ1n) is 8.89. The number of carboxylic acids is 2. The summed E-state index contributed by atoms with van der Waals surface area (Å²) in [6, 6.07) is -0.932. The fourth-order valence-electron chi connectivity index (χ4n) is 2.45. The minimum Gasteiger partial charge on any atom is -0.548 e. The van der Waals surface area contributed by atoms with Crippen LogP contribution in [-0.4, -0.2) is 35.5 Å². The molecular weight excluding hydrogens is 335 g/mol. The Labute approximate surface area is 172 Å². The Morgan fingerprint density at radius 1 is 0.880 bits per heavy atom. The smallest absolute Gasteiger partial charge is 0.548 e. The average Bonchev–Trinajstić information content (AvgIpc) is 2.52. The molecule has 8 heteroatoms. The second-order valence-electron chi connectivity index (χ2n) is 6.09. The number of hydrogen-bond donors (Lipinski definition) is 3. The molecule has 140 valence electrons. The van der Waals surface area contributed by atoms with Crippen LogP contribution in [0.25, 0.3) is 0 Å². The second kappa shape index (κ2) is 18.2. The Morgan fingerprint density at radius 3 is 1.88 bits per heavy atom. The minimum absolute atomic E-state index is 0. The number of carbonyl (C=O) groups is 3. The van der Waals surface area contributed by atoms with E-state index >= 15 is 0 Å². The summed E-state index contributed by atoms with van der Waals surface area (Å²) >= 11 is 0. The van der Waals surface area contributed by atoms with Crippen LogP contribution in [0.1, 0.15) is 77.0 Å². The number of unbranched alkanes of at least 4 members (excludes halogenated alkanes) is 7. The molecule has 0 aromatic carbocycles. The summed E-state index contributed by atoms with van der Waals surface area (Å²) in [5.41, 5.74) is 5.36. The van der Waals surface area contributed by atoms with Crippen molar-refractivity contribution in [2.75, 3.05) is 6.54 Å². The number of hydrogen-bond acceptors (Lipinski definition) is 5.